The fourth-order valence-corrected chi connectivity index (χ4v) is 3.60. The largest absolute Gasteiger partial charge is 0.506 e. The van der Waals surface area contributed by atoms with Crippen LogP contribution in [0.5, 0.6) is 11.5 Å². The van der Waals surface area contributed by atoms with Crippen molar-refractivity contribution in [3.8, 4) is 11.5 Å². The number of anilines is 2. The maximum Gasteiger partial charge on any atom is 0.411 e. The van der Waals surface area contributed by atoms with E-state index in [4.69, 9.17) is 0 Å². The molecule has 6 nitrogen and oxygen atoms in total. The molecule has 0 atom stereocenters. The van der Waals surface area contributed by atoms with Gasteiger partial charge >= 0.3 is 12.4 Å². The maximum absolute atomic E-state index is 14.5. The lowest BCUT2D eigenvalue weighted by molar-refractivity contribution is -0.288. The zero-order valence-electron chi connectivity index (χ0n) is 18.8. The number of rotatable bonds is 8. The highest BCUT2D eigenvalue weighted by molar-refractivity contribution is 5.93. The Bertz CT molecular complexity index is 997. The van der Waals surface area contributed by atoms with Gasteiger partial charge in [0.05, 0.1) is 11.4 Å². The number of benzene rings is 2. The van der Waals surface area contributed by atoms with Gasteiger partial charge in [-0.05, 0) is 48.2 Å². The number of phenolic OH excluding ortho intramolecular Hbond substituents is 2. The summed E-state index contributed by atoms with van der Waals surface area (Å²) in [6.45, 7) is 3.27. The van der Waals surface area contributed by atoms with Crippen LogP contribution in [0.15, 0.2) is 36.4 Å². The summed E-state index contributed by atoms with van der Waals surface area (Å²) in [6, 6.07) is 2.96. The average Bonchev–Trinajstić information content (AvgIpc) is 2.71. The molecular formula is C23H24F6N2O4. The Morgan fingerprint density at radius 2 is 1.06 bits per heavy atom. The third kappa shape index (κ3) is 5.63. The third-order valence-corrected chi connectivity index (χ3v) is 5.21. The van der Waals surface area contributed by atoms with Crippen LogP contribution in [0.4, 0.5) is 37.7 Å². The highest BCUT2D eigenvalue weighted by Gasteiger charge is 2.72. The van der Waals surface area contributed by atoms with Crippen LogP contribution in [0, 0.1) is 0 Å². The van der Waals surface area contributed by atoms with E-state index in [2.05, 4.69) is 10.6 Å². The predicted molar refractivity (Wildman–Crippen MR) is 116 cm³/mol. The topological polar surface area (TPSA) is 98.7 Å². The van der Waals surface area contributed by atoms with Crippen molar-refractivity contribution in [2.75, 3.05) is 10.6 Å². The summed E-state index contributed by atoms with van der Waals surface area (Å²) in [6.07, 6.45) is -11.4. The SMILES string of the molecule is CCCC(=O)Nc1cc(C(c2ccc(O)c(NC(=O)CCC)c2)(C(F)(F)F)C(F)(F)F)ccc1O. The molecule has 0 saturated carbocycles. The number of nitrogens with one attached hydrogen (secondary N) is 2. The summed E-state index contributed by atoms with van der Waals surface area (Å²) in [5, 5.41) is 24.2. The zero-order chi connectivity index (χ0) is 26.6. The van der Waals surface area contributed by atoms with Crippen LogP contribution >= 0.6 is 0 Å². The first-order valence-electron chi connectivity index (χ1n) is 10.6. The second kappa shape index (κ2) is 10.4. The monoisotopic (exact) mass is 506 g/mol. The van der Waals surface area contributed by atoms with Gasteiger partial charge in [-0.1, -0.05) is 26.0 Å². The molecule has 0 bridgehead atoms. The number of alkyl halides is 6. The van der Waals surface area contributed by atoms with E-state index in [-0.39, 0.29) is 12.8 Å². The number of amides is 2. The number of halogens is 6. The van der Waals surface area contributed by atoms with Crippen molar-refractivity contribution in [2.24, 2.45) is 0 Å². The van der Waals surface area contributed by atoms with Crippen molar-refractivity contribution >= 4 is 23.2 Å². The minimum absolute atomic E-state index is 0.0772. The molecule has 2 aromatic rings. The Hall–Kier alpha value is -3.44. The Morgan fingerprint density at radius 1 is 0.714 bits per heavy atom. The minimum atomic E-state index is -5.96. The van der Waals surface area contributed by atoms with Gasteiger partial charge in [0.2, 0.25) is 17.2 Å². The normalized spacial score (nSPS) is 12.3. The Morgan fingerprint density at radius 3 is 1.34 bits per heavy atom. The van der Waals surface area contributed by atoms with Crippen LogP contribution in [0.3, 0.4) is 0 Å². The van der Waals surface area contributed by atoms with Crippen molar-refractivity contribution in [1.29, 1.82) is 0 Å². The number of carbonyl (C=O) groups excluding carboxylic acids is 2. The molecule has 2 aromatic carbocycles. The Balaban J connectivity index is 2.82. The van der Waals surface area contributed by atoms with Gasteiger partial charge in [0.25, 0.3) is 0 Å². The molecule has 0 heterocycles. The van der Waals surface area contributed by atoms with Crippen molar-refractivity contribution in [3.63, 3.8) is 0 Å². The van der Waals surface area contributed by atoms with E-state index >= 15 is 0 Å². The van der Waals surface area contributed by atoms with Gasteiger partial charge < -0.3 is 20.8 Å². The Kier molecular flexibility index (Phi) is 8.30. The first kappa shape index (κ1) is 27.8. The number of hydrogen-bond donors (Lipinski definition) is 4. The second-order valence-electron chi connectivity index (χ2n) is 7.81. The molecular weight excluding hydrogens is 482 g/mol. The number of carbonyl (C=O) groups is 2. The van der Waals surface area contributed by atoms with Crippen molar-refractivity contribution in [3.05, 3.63) is 47.5 Å². The van der Waals surface area contributed by atoms with Crippen molar-refractivity contribution < 1.29 is 46.1 Å². The molecule has 0 unspecified atom stereocenters. The number of aromatic hydroxyl groups is 2. The van der Waals surface area contributed by atoms with E-state index in [1.165, 1.54) is 0 Å². The summed E-state index contributed by atoms with van der Waals surface area (Å²) in [5.74, 6) is -2.88. The van der Waals surface area contributed by atoms with Crippen molar-refractivity contribution in [2.45, 2.75) is 57.3 Å². The van der Waals surface area contributed by atoms with Crippen molar-refractivity contribution in [1.82, 2.24) is 0 Å². The van der Waals surface area contributed by atoms with Gasteiger partial charge in [-0.25, -0.2) is 0 Å². The van der Waals surface area contributed by atoms with Gasteiger partial charge in [-0.2, -0.15) is 26.3 Å². The first-order chi connectivity index (χ1) is 16.2. The molecule has 0 radical (unpaired) electrons. The summed E-state index contributed by atoms with van der Waals surface area (Å²) < 4.78 is 86.7. The van der Waals surface area contributed by atoms with E-state index in [0.29, 0.717) is 49.2 Å². The van der Waals surface area contributed by atoms with Crippen LogP contribution in [-0.4, -0.2) is 34.4 Å². The maximum atomic E-state index is 14.5. The number of phenols is 2. The summed E-state index contributed by atoms with van der Waals surface area (Å²) >= 11 is 0. The van der Waals surface area contributed by atoms with E-state index in [0.717, 1.165) is 0 Å². The predicted octanol–water partition coefficient (Wildman–Crippen LogP) is 5.99. The molecule has 0 aliphatic heterocycles. The van der Waals surface area contributed by atoms with Crippen LogP contribution in [-0.2, 0) is 15.0 Å². The van der Waals surface area contributed by atoms with Gasteiger partial charge in [-0.15, -0.1) is 0 Å². The van der Waals surface area contributed by atoms with Gasteiger partial charge in [0.15, 0.2) is 0 Å². The standard InChI is InChI=1S/C23H24F6N2O4/c1-3-5-19(34)30-15-11-13(7-9-17(15)32)21(22(24,25)26,23(27,28)29)14-8-10-18(33)16(12-14)31-20(35)6-4-2/h7-12,32-33H,3-6H2,1-2H3,(H,30,34)(H,31,35). The van der Waals surface area contributed by atoms with Gasteiger partial charge in [-0.3, -0.25) is 9.59 Å². The first-order valence-corrected chi connectivity index (χ1v) is 10.6. The van der Waals surface area contributed by atoms with E-state index in [9.17, 15) is 46.1 Å². The molecule has 2 rings (SSSR count). The average molecular weight is 506 g/mol. The Labute approximate surface area is 197 Å². The summed E-state index contributed by atoms with van der Waals surface area (Å²) in [5.41, 5.74) is -8.56. The minimum Gasteiger partial charge on any atom is -0.506 e. The van der Waals surface area contributed by atoms with Crippen LogP contribution in [0.2, 0.25) is 0 Å². The van der Waals surface area contributed by atoms with Crippen LogP contribution < -0.4 is 10.6 Å². The lowest BCUT2D eigenvalue weighted by atomic mass is 9.72. The summed E-state index contributed by atoms with van der Waals surface area (Å²) in [7, 11) is 0. The van der Waals surface area contributed by atoms with E-state index in [1.54, 1.807) is 13.8 Å². The zero-order valence-corrected chi connectivity index (χ0v) is 18.8. The van der Waals surface area contributed by atoms with E-state index in [1.807, 2.05) is 0 Å². The van der Waals surface area contributed by atoms with E-state index < -0.39 is 63.6 Å². The van der Waals surface area contributed by atoms with Gasteiger partial charge in [0, 0.05) is 12.8 Å². The second-order valence-corrected chi connectivity index (χ2v) is 7.81. The molecule has 12 heteroatoms. The highest BCUT2D eigenvalue weighted by atomic mass is 19.4. The molecule has 0 saturated heterocycles. The molecule has 4 N–H and O–H groups in total. The molecule has 0 fully saturated rings. The third-order valence-electron chi connectivity index (χ3n) is 5.21. The smallest absolute Gasteiger partial charge is 0.411 e. The highest BCUT2D eigenvalue weighted by Crippen LogP contribution is 2.57. The number of hydrogen-bond acceptors (Lipinski definition) is 4. The quantitative estimate of drug-likeness (QED) is 0.261. The van der Waals surface area contributed by atoms with Crippen LogP contribution in [0.1, 0.15) is 50.7 Å². The fourth-order valence-electron chi connectivity index (χ4n) is 3.60. The molecule has 2 amide bonds. The fraction of sp³-hybridized carbons (Fsp3) is 0.391. The van der Waals surface area contributed by atoms with Gasteiger partial charge in [0.1, 0.15) is 11.5 Å². The lowest BCUT2D eigenvalue weighted by Crippen LogP contribution is -2.54. The molecule has 192 valence electrons. The molecule has 0 aliphatic rings. The summed E-state index contributed by atoms with van der Waals surface area (Å²) in [4.78, 5) is 23.8. The molecule has 35 heavy (non-hydrogen) atoms. The molecule has 0 spiro atoms. The van der Waals surface area contributed by atoms with Crippen LogP contribution in [0.25, 0.3) is 0 Å². The lowest BCUT2D eigenvalue weighted by Gasteiger charge is -2.38. The molecule has 0 aliphatic carbocycles. The molecule has 0 aromatic heterocycles.